The Morgan fingerprint density at radius 3 is 2.57 bits per heavy atom. The summed E-state index contributed by atoms with van der Waals surface area (Å²) in [5, 5.41) is 16.5. The standard InChI is InChI=1S/C20H15ClN4O2S/c21-14-8-6-13(7-9-14)17-16(12-4-2-1-3-5-12)11-25(24-17)18-15(19(26)27)10-22-20(28)23-18/h1-10,16H,11H2,(H,26,27)(H,22,23,28). The number of halogens is 1. The summed E-state index contributed by atoms with van der Waals surface area (Å²) in [6, 6.07) is 17.4. The van der Waals surface area contributed by atoms with Crippen molar-refractivity contribution in [1.82, 2.24) is 9.97 Å². The topological polar surface area (TPSA) is 81.6 Å². The number of aromatic carboxylic acids is 1. The molecule has 0 aliphatic carbocycles. The number of hydrazone groups is 1. The lowest BCUT2D eigenvalue weighted by Crippen LogP contribution is -2.21. The molecule has 1 unspecified atom stereocenters. The molecular formula is C20H15ClN4O2S. The minimum absolute atomic E-state index is 0.0153. The second-order valence-corrected chi connectivity index (χ2v) is 7.12. The first kappa shape index (κ1) is 18.3. The van der Waals surface area contributed by atoms with Crippen LogP contribution in [0.5, 0.6) is 0 Å². The van der Waals surface area contributed by atoms with E-state index in [0.29, 0.717) is 17.4 Å². The molecule has 2 N–H and O–H groups in total. The van der Waals surface area contributed by atoms with E-state index in [1.165, 1.54) is 6.20 Å². The molecule has 0 bridgehead atoms. The van der Waals surface area contributed by atoms with Crippen molar-refractivity contribution >= 4 is 41.3 Å². The lowest BCUT2D eigenvalue weighted by atomic mass is 9.91. The van der Waals surface area contributed by atoms with Gasteiger partial charge in [-0.15, -0.1) is 0 Å². The van der Waals surface area contributed by atoms with Crippen molar-refractivity contribution in [3.05, 3.63) is 87.3 Å². The van der Waals surface area contributed by atoms with E-state index < -0.39 is 5.97 Å². The average Bonchev–Trinajstić information content (AvgIpc) is 3.14. The third-order valence-electron chi connectivity index (χ3n) is 4.54. The zero-order valence-electron chi connectivity index (χ0n) is 14.5. The van der Waals surface area contributed by atoms with Crippen LogP contribution >= 0.6 is 23.8 Å². The van der Waals surface area contributed by atoms with Crippen LogP contribution in [0, 0.1) is 4.77 Å². The molecule has 0 spiro atoms. The fraction of sp³-hybridized carbons (Fsp3) is 0.100. The van der Waals surface area contributed by atoms with Gasteiger partial charge in [-0.05, 0) is 35.5 Å². The lowest BCUT2D eigenvalue weighted by molar-refractivity contribution is 0.0696. The largest absolute Gasteiger partial charge is 0.477 e. The summed E-state index contributed by atoms with van der Waals surface area (Å²) in [7, 11) is 0. The number of rotatable bonds is 4. The second kappa shape index (κ2) is 7.53. The summed E-state index contributed by atoms with van der Waals surface area (Å²) >= 11 is 11.1. The van der Waals surface area contributed by atoms with Gasteiger partial charge in [0.05, 0.1) is 12.3 Å². The van der Waals surface area contributed by atoms with E-state index >= 15 is 0 Å². The summed E-state index contributed by atoms with van der Waals surface area (Å²) in [5.74, 6) is -0.822. The smallest absolute Gasteiger partial charge is 0.341 e. The number of aromatic amines is 1. The quantitative estimate of drug-likeness (QED) is 0.619. The minimum Gasteiger partial charge on any atom is -0.477 e. The lowest BCUT2D eigenvalue weighted by Gasteiger charge is -2.17. The molecule has 0 amide bonds. The molecule has 6 nitrogen and oxygen atoms in total. The molecule has 0 saturated carbocycles. The minimum atomic E-state index is -1.10. The van der Waals surface area contributed by atoms with Crippen LogP contribution in [0.15, 0.2) is 65.9 Å². The van der Waals surface area contributed by atoms with Gasteiger partial charge in [0.1, 0.15) is 11.4 Å². The van der Waals surface area contributed by atoms with Crippen molar-refractivity contribution in [1.29, 1.82) is 0 Å². The summed E-state index contributed by atoms with van der Waals surface area (Å²) < 4.78 is 0.200. The van der Waals surface area contributed by atoms with E-state index in [0.717, 1.165) is 16.8 Å². The van der Waals surface area contributed by atoms with Crippen LogP contribution in [-0.4, -0.2) is 33.3 Å². The van der Waals surface area contributed by atoms with E-state index in [2.05, 4.69) is 9.97 Å². The van der Waals surface area contributed by atoms with Crippen molar-refractivity contribution in [2.75, 3.05) is 11.6 Å². The number of H-pyrrole nitrogens is 1. The van der Waals surface area contributed by atoms with E-state index in [1.54, 1.807) is 5.01 Å². The van der Waals surface area contributed by atoms with E-state index in [-0.39, 0.29) is 16.3 Å². The second-order valence-electron chi connectivity index (χ2n) is 6.29. The normalized spacial score (nSPS) is 16.1. The van der Waals surface area contributed by atoms with Crippen LogP contribution < -0.4 is 5.01 Å². The predicted molar refractivity (Wildman–Crippen MR) is 111 cm³/mol. The highest BCUT2D eigenvalue weighted by atomic mass is 35.5. The Morgan fingerprint density at radius 2 is 1.89 bits per heavy atom. The van der Waals surface area contributed by atoms with Gasteiger partial charge in [-0.1, -0.05) is 54.1 Å². The zero-order chi connectivity index (χ0) is 19.7. The van der Waals surface area contributed by atoms with Crippen LogP contribution in [0.1, 0.15) is 27.4 Å². The van der Waals surface area contributed by atoms with Crippen molar-refractivity contribution in [2.24, 2.45) is 5.10 Å². The number of carbonyl (C=O) groups is 1. The molecule has 1 aliphatic rings. The number of aromatic nitrogens is 2. The number of hydrogen-bond acceptors (Lipinski definition) is 5. The SMILES string of the molecule is O=C(O)c1cnc(=S)[nH]c1N1CC(c2ccccc2)C(c2ccc(Cl)cc2)=N1. The number of carboxylic acid groups (broad SMARTS) is 1. The highest BCUT2D eigenvalue weighted by Crippen LogP contribution is 2.32. The van der Waals surface area contributed by atoms with Crippen molar-refractivity contribution in [3.8, 4) is 0 Å². The molecule has 1 aromatic heterocycles. The maximum absolute atomic E-state index is 11.6. The predicted octanol–water partition coefficient (Wildman–Crippen LogP) is 4.50. The Morgan fingerprint density at radius 1 is 1.18 bits per heavy atom. The number of hydrogen-bond donors (Lipinski definition) is 2. The van der Waals surface area contributed by atoms with Crippen molar-refractivity contribution < 1.29 is 9.90 Å². The van der Waals surface area contributed by atoms with Gasteiger partial charge in [0.2, 0.25) is 0 Å². The van der Waals surface area contributed by atoms with E-state index in [4.69, 9.17) is 28.9 Å². The number of carboxylic acids is 1. The van der Waals surface area contributed by atoms with Crippen LogP contribution in [-0.2, 0) is 0 Å². The molecule has 3 aromatic rings. The molecule has 4 rings (SSSR count). The molecular weight excluding hydrogens is 396 g/mol. The van der Waals surface area contributed by atoms with E-state index in [1.807, 2.05) is 54.6 Å². The molecule has 0 saturated heterocycles. The highest BCUT2D eigenvalue weighted by molar-refractivity contribution is 7.71. The summed E-state index contributed by atoms with van der Waals surface area (Å²) in [6.45, 7) is 0.470. The highest BCUT2D eigenvalue weighted by Gasteiger charge is 2.32. The monoisotopic (exact) mass is 410 g/mol. The van der Waals surface area contributed by atoms with Gasteiger partial charge in [0.25, 0.3) is 0 Å². The summed E-state index contributed by atoms with van der Waals surface area (Å²) in [4.78, 5) is 18.4. The molecule has 1 atom stereocenters. The first-order valence-electron chi connectivity index (χ1n) is 8.52. The van der Waals surface area contributed by atoms with Gasteiger partial charge in [0, 0.05) is 17.1 Å². The van der Waals surface area contributed by atoms with Crippen molar-refractivity contribution in [2.45, 2.75) is 5.92 Å². The molecule has 2 aromatic carbocycles. The fourth-order valence-corrected chi connectivity index (χ4v) is 3.49. The van der Waals surface area contributed by atoms with Crippen LogP contribution in [0.3, 0.4) is 0 Å². The molecule has 1 aliphatic heterocycles. The number of nitrogens with zero attached hydrogens (tertiary/aromatic N) is 3. The average molecular weight is 411 g/mol. The summed E-state index contributed by atoms with van der Waals surface area (Å²) in [6.07, 6.45) is 1.25. The van der Waals surface area contributed by atoms with Gasteiger partial charge >= 0.3 is 5.97 Å². The third-order valence-corrected chi connectivity index (χ3v) is 5.00. The first-order chi connectivity index (χ1) is 13.5. The molecule has 0 radical (unpaired) electrons. The Bertz CT molecular complexity index is 1110. The molecule has 2 heterocycles. The number of anilines is 1. The maximum atomic E-state index is 11.6. The van der Waals surface area contributed by atoms with E-state index in [9.17, 15) is 9.90 Å². The first-order valence-corrected chi connectivity index (χ1v) is 9.31. The summed E-state index contributed by atoms with van der Waals surface area (Å²) in [5.41, 5.74) is 2.85. The Labute approximate surface area is 171 Å². The van der Waals surface area contributed by atoms with Gasteiger partial charge in [-0.25, -0.2) is 14.8 Å². The number of benzene rings is 2. The Kier molecular flexibility index (Phi) is 4.93. The molecule has 0 fully saturated rings. The van der Waals surface area contributed by atoms with Crippen LogP contribution in [0.4, 0.5) is 5.82 Å². The molecule has 8 heteroatoms. The van der Waals surface area contributed by atoms with Crippen molar-refractivity contribution in [3.63, 3.8) is 0 Å². The van der Waals surface area contributed by atoms with Gasteiger partial charge in [-0.2, -0.15) is 5.10 Å². The van der Waals surface area contributed by atoms with Crippen LogP contribution in [0.25, 0.3) is 0 Å². The third kappa shape index (κ3) is 3.54. The molecule has 28 heavy (non-hydrogen) atoms. The van der Waals surface area contributed by atoms with Gasteiger partial charge < -0.3 is 10.1 Å². The Balaban J connectivity index is 1.83. The van der Waals surface area contributed by atoms with Gasteiger partial charge in [-0.3, -0.25) is 0 Å². The fourth-order valence-electron chi connectivity index (χ4n) is 3.21. The van der Waals surface area contributed by atoms with Gasteiger partial charge in [0.15, 0.2) is 4.77 Å². The maximum Gasteiger partial charge on any atom is 0.341 e. The van der Waals surface area contributed by atoms with Crippen LogP contribution in [0.2, 0.25) is 5.02 Å². The Hall–Kier alpha value is -3.03. The number of nitrogens with one attached hydrogen (secondary N) is 1. The zero-order valence-corrected chi connectivity index (χ0v) is 16.1. The molecule has 140 valence electrons.